The van der Waals surface area contributed by atoms with E-state index in [0.29, 0.717) is 13.1 Å². The van der Waals surface area contributed by atoms with Crippen molar-refractivity contribution in [3.05, 3.63) is 53.2 Å². The summed E-state index contributed by atoms with van der Waals surface area (Å²) in [5.74, 6) is -0.102. The predicted octanol–water partition coefficient (Wildman–Crippen LogP) is 3.76. The Balaban J connectivity index is 1.78. The van der Waals surface area contributed by atoms with Gasteiger partial charge in [0.05, 0.1) is 11.8 Å². The van der Waals surface area contributed by atoms with Gasteiger partial charge in [0, 0.05) is 25.8 Å². The summed E-state index contributed by atoms with van der Waals surface area (Å²) in [6.07, 6.45) is 1.96. The van der Waals surface area contributed by atoms with Crippen molar-refractivity contribution in [1.82, 2.24) is 10.1 Å². The van der Waals surface area contributed by atoms with E-state index in [9.17, 15) is 9.18 Å². The van der Waals surface area contributed by atoms with E-state index in [2.05, 4.69) is 5.16 Å². The zero-order valence-corrected chi connectivity index (χ0v) is 14.6. The first kappa shape index (κ1) is 17.6. The van der Waals surface area contributed by atoms with Gasteiger partial charge in [0.15, 0.2) is 0 Å². The molecule has 3 rings (SSSR count). The zero-order chi connectivity index (χ0) is 17.8. The van der Waals surface area contributed by atoms with Gasteiger partial charge in [0.25, 0.3) is 5.91 Å². The SMILES string of the molecule is CC(C)c1cc(C(=O)N(Cc2ccc(F)cc2)C[C@H]2CCCO2)on1. The predicted molar refractivity (Wildman–Crippen MR) is 90.7 cm³/mol. The third-order valence-electron chi connectivity index (χ3n) is 4.35. The third-order valence-corrected chi connectivity index (χ3v) is 4.35. The molecule has 25 heavy (non-hydrogen) atoms. The second-order valence-corrected chi connectivity index (χ2v) is 6.72. The Morgan fingerprint density at radius 1 is 1.36 bits per heavy atom. The summed E-state index contributed by atoms with van der Waals surface area (Å²) in [7, 11) is 0. The lowest BCUT2D eigenvalue weighted by atomic mass is 10.1. The van der Waals surface area contributed by atoms with Crippen LogP contribution in [0.4, 0.5) is 4.39 Å². The molecule has 1 aliphatic rings. The number of aromatic nitrogens is 1. The number of carbonyl (C=O) groups excluding carboxylic acids is 1. The van der Waals surface area contributed by atoms with Crippen LogP contribution in [0.25, 0.3) is 0 Å². The molecule has 0 aliphatic carbocycles. The Morgan fingerprint density at radius 2 is 2.12 bits per heavy atom. The largest absolute Gasteiger partial charge is 0.376 e. The minimum Gasteiger partial charge on any atom is -0.376 e. The molecule has 1 aromatic carbocycles. The summed E-state index contributed by atoms with van der Waals surface area (Å²) < 4.78 is 24.0. The van der Waals surface area contributed by atoms with Gasteiger partial charge in [-0.05, 0) is 36.5 Å². The lowest BCUT2D eigenvalue weighted by Crippen LogP contribution is -2.36. The van der Waals surface area contributed by atoms with E-state index in [0.717, 1.165) is 30.7 Å². The van der Waals surface area contributed by atoms with Crippen LogP contribution in [-0.4, -0.2) is 35.2 Å². The molecule has 1 fully saturated rings. The topological polar surface area (TPSA) is 55.6 Å². The summed E-state index contributed by atoms with van der Waals surface area (Å²) in [5.41, 5.74) is 1.61. The maximum absolute atomic E-state index is 13.1. The van der Waals surface area contributed by atoms with E-state index >= 15 is 0 Å². The van der Waals surface area contributed by atoms with Crippen LogP contribution in [0.15, 0.2) is 34.9 Å². The highest BCUT2D eigenvalue weighted by atomic mass is 19.1. The van der Waals surface area contributed by atoms with Crippen molar-refractivity contribution in [3.8, 4) is 0 Å². The average Bonchev–Trinajstić information content (AvgIpc) is 3.27. The van der Waals surface area contributed by atoms with Gasteiger partial charge in [-0.15, -0.1) is 0 Å². The summed E-state index contributed by atoms with van der Waals surface area (Å²) in [4.78, 5) is 14.6. The summed E-state index contributed by atoms with van der Waals surface area (Å²) in [6, 6.07) is 7.86. The normalized spacial score (nSPS) is 17.2. The van der Waals surface area contributed by atoms with E-state index in [1.54, 1.807) is 23.1 Å². The molecule has 2 aromatic rings. The Kier molecular flexibility index (Phi) is 5.48. The summed E-state index contributed by atoms with van der Waals surface area (Å²) in [5, 5.41) is 3.97. The highest BCUT2D eigenvalue weighted by Crippen LogP contribution is 2.20. The molecule has 1 atom stereocenters. The number of hydrogen-bond donors (Lipinski definition) is 0. The van der Waals surface area contributed by atoms with E-state index in [1.165, 1.54) is 12.1 Å². The highest BCUT2D eigenvalue weighted by molar-refractivity contribution is 5.91. The van der Waals surface area contributed by atoms with E-state index in [1.807, 2.05) is 13.8 Å². The van der Waals surface area contributed by atoms with Gasteiger partial charge in [-0.3, -0.25) is 4.79 Å². The van der Waals surface area contributed by atoms with Crippen molar-refractivity contribution in [2.45, 2.75) is 45.3 Å². The van der Waals surface area contributed by atoms with Crippen molar-refractivity contribution >= 4 is 5.91 Å². The van der Waals surface area contributed by atoms with Crippen molar-refractivity contribution < 1.29 is 18.4 Å². The fraction of sp³-hybridized carbons (Fsp3) is 0.474. The van der Waals surface area contributed by atoms with Gasteiger partial charge in [-0.25, -0.2) is 4.39 Å². The molecule has 1 saturated heterocycles. The van der Waals surface area contributed by atoms with Crippen LogP contribution >= 0.6 is 0 Å². The number of ether oxygens (including phenoxy) is 1. The van der Waals surface area contributed by atoms with Gasteiger partial charge >= 0.3 is 0 Å². The lowest BCUT2D eigenvalue weighted by Gasteiger charge is -2.24. The number of benzene rings is 1. The minimum atomic E-state index is -0.294. The Morgan fingerprint density at radius 3 is 2.72 bits per heavy atom. The molecule has 0 spiro atoms. The molecule has 0 N–H and O–H groups in total. The average molecular weight is 346 g/mol. The molecule has 1 amide bonds. The first-order chi connectivity index (χ1) is 12.0. The smallest absolute Gasteiger partial charge is 0.292 e. The standard InChI is InChI=1S/C19H23FN2O3/c1-13(2)17-10-18(25-21-17)19(23)22(12-16-4-3-9-24-16)11-14-5-7-15(20)8-6-14/h5-8,10,13,16H,3-4,9,11-12H2,1-2H3/t16-/m1/s1. The van der Waals surface area contributed by atoms with Gasteiger partial charge in [0.1, 0.15) is 5.82 Å². The number of hydrogen-bond acceptors (Lipinski definition) is 4. The van der Waals surface area contributed by atoms with Crippen LogP contribution in [0.3, 0.4) is 0 Å². The first-order valence-corrected chi connectivity index (χ1v) is 8.65. The maximum Gasteiger partial charge on any atom is 0.292 e. The second kappa shape index (κ2) is 7.78. The van der Waals surface area contributed by atoms with Crippen LogP contribution in [0, 0.1) is 5.82 Å². The van der Waals surface area contributed by atoms with Crippen LogP contribution in [0.2, 0.25) is 0 Å². The van der Waals surface area contributed by atoms with Crippen LogP contribution in [0.5, 0.6) is 0 Å². The molecule has 5 nitrogen and oxygen atoms in total. The van der Waals surface area contributed by atoms with Crippen molar-refractivity contribution in [3.63, 3.8) is 0 Å². The molecule has 6 heteroatoms. The molecule has 1 aromatic heterocycles. The van der Waals surface area contributed by atoms with Gasteiger partial charge in [-0.1, -0.05) is 31.1 Å². The second-order valence-electron chi connectivity index (χ2n) is 6.72. The number of nitrogens with zero attached hydrogens (tertiary/aromatic N) is 2. The maximum atomic E-state index is 13.1. The van der Waals surface area contributed by atoms with Crippen molar-refractivity contribution in [2.75, 3.05) is 13.2 Å². The summed E-state index contributed by atoms with van der Waals surface area (Å²) >= 11 is 0. The van der Waals surface area contributed by atoms with Crippen molar-refractivity contribution in [1.29, 1.82) is 0 Å². The fourth-order valence-corrected chi connectivity index (χ4v) is 2.88. The number of rotatable bonds is 6. The van der Waals surface area contributed by atoms with E-state index in [4.69, 9.17) is 9.26 Å². The monoisotopic (exact) mass is 346 g/mol. The van der Waals surface area contributed by atoms with Gasteiger partial charge in [0.2, 0.25) is 5.76 Å². The molecule has 2 heterocycles. The molecular weight excluding hydrogens is 323 g/mol. The summed E-state index contributed by atoms with van der Waals surface area (Å²) in [6.45, 7) is 5.57. The fourth-order valence-electron chi connectivity index (χ4n) is 2.88. The van der Waals surface area contributed by atoms with Gasteiger partial charge in [-0.2, -0.15) is 0 Å². The highest BCUT2D eigenvalue weighted by Gasteiger charge is 2.26. The Labute approximate surface area is 146 Å². The number of halogens is 1. The molecular formula is C19H23FN2O3. The molecule has 0 unspecified atom stereocenters. The molecule has 134 valence electrons. The molecule has 0 radical (unpaired) electrons. The molecule has 0 saturated carbocycles. The molecule has 1 aliphatic heterocycles. The van der Waals surface area contributed by atoms with Crippen LogP contribution < -0.4 is 0 Å². The Hall–Kier alpha value is -2.21. The third kappa shape index (κ3) is 4.45. The number of amides is 1. The first-order valence-electron chi connectivity index (χ1n) is 8.65. The minimum absolute atomic E-state index is 0.0249. The lowest BCUT2D eigenvalue weighted by molar-refractivity contribution is 0.0477. The quantitative estimate of drug-likeness (QED) is 0.799. The Bertz CT molecular complexity index is 706. The van der Waals surface area contributed by atoms with E-state index in [-0.39, 0.29) is 29.5 Å². The van der Waals surface area contributed by atoms with Crippen LogP contribution in [-0.2, 0) is 11.3 Å². The van der Waals surface area contributed by atoms with Crippen LogP contribution in [0.1, 0.15) is 54.4 Å². The molecule has 0 bridgehead atoms. The zero-order valence-electron chi connectivity index (χ0n) is 14.6. The van der Waals surface area contributed by atoms with Gasteiger partial charge < -0.3 is 14.2 Å². The van der Waals surface area contributed by atoms with Crippen molar-refractivity contribution in [2.24, 2.45) is 0 Å². The number of carbonyl (C=O) groups is 1. The van der Waals surface area contributed by atoms with E-state index < -0.39 is 0 Å².